The number of sulfone groups is 1. The molecule has 0 bridgehead atoms. The molecule has 0 fully saturated rings. The fourth-order valence-corrected chi connectivity index (χ4v) is 5.87. The van der Waals surface area contributed by atoms with Gasteiger partial charge in [-0.1, -0.05) is 36.4 Å². The van der Waals surface area contributed by atoms with Crippen LogP contribution in [-0.2, 0) is 9.84 Å². The highest BCUT2D eigenvalue weighted by molar-refractivity contribution is 7.90. The van der Waals surface area contributed by atoms with Crippen molar-refractivity contribution in [1.82, 2.24) is 4.98 Å². The van der Waals surface area contributed by atoms with Crippen molar-refractivity contribution in [3.05, 3.63) is 89.9 Å². The molecule has 9 heteroatoms. The van der Waals surface area contributed by atoms with Crippen LogP contribution in [0.5, 0.6) is 0 Å². The number of nitrogen functional groups attached to an aromatic ring is 1. The van der Waals surface area contributed by atoms with Gasteiger partial charge in [-0.3, -0.25) is 0 Å². The minimum absolute atomic E-state index is 0.268. The molecule has 0 spiro atoms. The number of amides is 2. The van der Waals surface area contributed by atoms with Crippen molar-refractivity contribution in [2.45, 2.75) is 11.8 Å². The number of aromatic nitrogens is 1. The first-order valence-electron chi connectivity index (χ1n) is 11.4. The Morgan fingerprint density at radius 2 is 1.54 bits per heavy atom. The Labute approximate surface area is 218 Å². The smallest absolute Gasteiger partial charge is 0.323 e. The van der Waals surface area contributed by atoms with Crippen LogP contribution in [0.2, 0.25) is 0 Å². The highest BCUT2D eigenvalue weighted by Gasteiger charge is 2.16. The van der Waals surface area contributed by atoms with E-state index in [1.165, 1.54) is 6.26 Å². The first-order valence-corrected chi connectivity index (χ1v) is 14.2. The number of fused-ring (bicyclic) bond motifs is 1. The number of nitrogens with zero attached hydrogens (tertiary/aromatic N) is 1. The Morgan fingerprint density at radius 1 is 0.892 bits per heavy atom. The summed E-state index contributed by atoms with van der Waals surface area (Å²) in [6.07, 6.45) is 2.90. The molecule has 2 amide bonds. The molecular weight excluding hydrogens is 504 g/mol. The van der Waals surface area contributed by atoms with Crippen LogP contribution in [0.15, 0.2) is 89.3 Å². The monoisotopic (exact) mass is 528 g/mol. The van der Waals surface area contributed by atoms with Gasteiger partial charge in [-0.25, -0.2) is 18.2 Å². The lowest BCUT2D eigenvalue weighted by atomic mass is 10.0. The van der Waals surface area contributed by atoms with Crippen LogP contribution in [0, 0.1) is 6.92 Å². The molecule has 0 aliphatic carbocycles. The average Bonchev–Trinajstić information content (AvgIpc) is 3.30. The summed E-state index contributed by atoms with van der Waals surface area (Å²) < 4.78 is 24.6. The van der Waals surface area contributed by atoms with Gasteiger partial charge in [-0.2, -0.15) is 0 Å². The zero-order valence-corrected chi connectivity index (χ0v) is 21.8. The Morgan fingerprint density at radius 3 is 2.22 bits per heavy atom. The SMILES string of the molecule is Cc1cccc(NC(=O)Nc2ccc(-c3csc4c(-c5ccc(S(C)(=O)=O)cc5)cnc(N)c34)cc2)c1. The van der Waals surface area contributed by atoms with Gasteiger partial charge < -0.3 is 16.4 Å². The molecule has 0 aliphatic heterocycles. The number of urea groups is 1. The number of carbonyl (C=O) groups is 1. The number of hydrogen-bond donors (Lipinski definition) is 3. The number of aryl methyl sites for hydroxylation is 1. The molecule has 0 aliphatic rings. The standard InChI is InChI=1S/C28H24N4O3S2/c1-17-4-3-5-21(14-17)32-28(33)31-20-10-6-19(7-11-20)24-16-36-26-23(15-30-27(29)25(24)26)18-8-12-22(13-9-18)37(2,34)35/h3-16H,1-2H3,(H2,29,30)(H2,31,32,33). The van der Waals surface area contributed by atoms with Gasteiger partial charge >= 0.3 is 6.03 Å². The van der Waals surface area contributed by atoms with E-state index in [0.29, 0.717) is 11.5 Å². The van der Waals surface area contributed by atoms with Gasteiger partial charge in [0.2, 0.25) is 0 Å². The van der Waals surface area contributed by atoms with Crippen molar-refractivity contribution in [3.8, 4) is 22.3 Å². The maximum absolute atomic E-state index is 12.4. The maximum Gasteiger partial charge on any atom is 0.323 e. The normalized spacial score (nSPS) is 11.4. The van der Waals surface area contributed by atoms with Crippen molar-refractivity contribution in [1.29, 1.82) is 0 Å². The van der Waals surface area contributed by atoms with Crippen LogP contribution in [0.4, 0.5) is 22.0 Å². The summed E-state index contributed by atoms with van der Waals surface area (Å²) in [5.74, 6) is 0.419. The van der Waals surface area contributed by atoms with Crippen LogP contribution in [0.3, 0.4) is 0 Å². The first-order chi connectivity index (χ1) is 17.7. The lowest BCUT2D eigenvalue weighted by Gasteiger charge is -2.10. The summed E-state index contributed by atoms with van der Waals surface area (Å²) in [6, 6.07) is 21.6. The molecule has 37 heavy (non-hydrogen) atoms. The van der Waals surface area contributed by atoms with E-state index in [1.807, 2.05) is 60.8 Å². The number of rotatable bonds is 5. The molecule has 5 aromatic rings. The molecule has 4 N–H and O–H groups in total. The van der Waals surface area contributed by atoms with Gasteiger partial charge in [0.05, 0.1) is 4.90 Å². The Kier molecular flexibility index (Phi) is 6.41. The van der Waals surface area contributed by atoms with E-state index in [-0.39, 0.29) is 10.9 Å². The van der Waals surface area contributed by atoms with E-state index in [4.69, 9.17) is 5.73 Å². The largest absolute Gasteiger partial charge is 0.383 e. The van der Waals surface area contributed by atoms with Gasteiger partial charge in [-0.05, 0) is 65.4 Å². The lowest BCUT2D eigenvalue weighted by Crippen LogP contribution is -2.19. The number of benzene rings is 3. The van der Waals surface area contributed by atoms with Crippen LogP contribution < -0.4 is 16.4 Å². The second-order valence-corrected chi connectivity index (χ2v) is 11.6. The molecule has 2 heterocycles. The minimum Gasteiger partial charge on any atom is -0.383 e. The average molecular weight is 529 g/mol. The fraction of sp³-hybridized carbons (Fsp3) is 0.0714. The number of thiophene rings is 1. The molecule has 0 saturated carbocycles. The highest BCUT2D eigenvalue weighted by atomic mass is 32.2. The first kappa shape index (κ1) is 24.5. The van der Waals surface area contributed by atoms with Crippen LogP contribution in [0.1, 0.15) is 5.56 Å². The minimum atomic E-state index is -3.28. The molecular formula is C28H24N4O3S2. The molecule has 0 radical (unpaired) electrons. The topological polar surface area (TPSA) is 114 Å². The second-order valence-electron chi connectivity index (χ2n) is 8.73. The zero-order valence-electron chi connectivity index (χ0n) is 20.1. The van der Waals surface area contributed by atoms with E-state index >= 15 is 0 Å². The Hall–Kier alpha value is -4.21. The van der Waals surface area contributed by atoms with Crippen LogP contribution in [-0.4, -0.2) is 25.7 Å². The lowest BCUT2D eigenvalue weighted by molar-refractivity contribution is 0.262. The Bertz CT molecular complexity index is 1730. The van der Waals surface area contributed by atoms with Gasteiger partial charge in [0.15, 0.2) is 9.84 Å². The summed E-state index contributed by atoms with van der Waals surface area (Å²) in [5, 5.41) is 8.55. The molecule has 5 rings (SSSR count). The number of pyridine rings is 1. The maximum atomic E-state index is 12.4. The number of carbonyl (C=O) groups excluding carboxylic acids is 1. The zero-order chi connectivity index (χ0) is 26.2. The molecule has 2 aromatic heterocycles. The van der Waals surface area contributed by atoms with Gasteiger partial charge in [0.25, 0.3) is 0 Å². The molecule has 0 unspecified atom stereocenters. The van der Waals surface area contributed by atoms with Crippen LogP contribution >= 0.6 is 11.3 Å². The summed E-state index contributed by atoms with van der Waals surface area (Å²) in [5.41, 5.74) is 12.4. The van der Waals surface area contributed by atoms with Gasteiger partial charge in [0, 0.05) is 45.0 Å². The van der Waals surface area contributed by atoms with E-state index < -0.39 is 9.84 Å². The van der Waals surface area contributed by atoms with Crippen molar-refractivity contribution in [2.75, 3.05) is 22.6 Å². The number of hydrogen-bond acceptors (Lipinski definition) is 6. The Balaban J connectivity index is 1.41. The number of nitrogens with one attached hydrogen (secondary N) is 2. The summed E-state index contributed by atoms with van der Waals surface area (Å²) in [7, 11) is -3.28. The van der Waals surface area contributed by atoms with E-state index in [2.05, 4.69) is 15.6 Å². The van der Waals surface area contributed by atoms with Crippen molar-refractivity contribution >= 4 is 54.5 Å². The van der Waals surface area contributed by atoms with Crippen molar-refractivity contribution in [2.24, 2.45) is 0 Å². The fourth-order valence-electron chi connectivity index (χ4n) is 4.12. The van der Waals surface area contributed by atoms with Gasteiger partial charge in [-0.15, -0.1) is 11.3 Å². The van der Waals surface area contributed by atoms with Crippen molar-refractivity contribution in [3.63, 3.8) is 0 Å². The predicted molar refractivity (Wildman–Crippen MR) is 152 cm³/mol. The third-order valence-corrected chi connectivity index (χ3v) is 8.09. The van der Waals surface area contributed by atoms with Crippen molar-refractivity contribution < 1.29 is 13.2 Å². The van der Waals surface area contributed by atoms with Crippen LogP contribution in [0.25, 0.3) is 32.3 Å². The quantitative estimate of drug-likeness (QED) is 0.239. The molecule has 0 atom stereocenters. The molecule has 3 aromatic carbocycles. The summed E-state index contributed by atoms with van der Waals surface area (Å²) >= 11 is 1.55. The predicted octanol–water partition coefficient (Wildman–Crippen LogP) is 6.57. The third-order valence-electron chi connectivity index (χ3n) is 5.95. The summed E-state index contributed by atoms with van der Waals surface area (Å²) in [4.78, 5) is 17.1. The van der Waals surface area contributed by atoms with E-state index in [0.717, 1.165) is 43.6 Å². The van der Waals surface area contributed by atoms with E-state index in [9.17, 15) is 13.2 Å². The highest BCUT2D eigenvalue weighted by Crippen LogP contribution is 2.42. The molecule has 0 saturated heterocycles. The third kappa shape index (κ3) is 5.18. The van der Waals surface area contributed by atoms with E-state index in [1.54, 1.807) is 41.8 Å². The molecule has 7 nitrogen and oxygen atoms in total. The second kappa shape index (κ2) is 9.68. The number of nitrogens with two attached hydrogens (primary N) is 1. The molecule has 186 valence electrons. The number of anilines is 3. The summed E-state index contributed by atoms with van der Waals surface area (Å²) in [6.45, 7) is 1.97. The van der Waals surface area contributed by atoms with Gasteiger partial charge in [0.1, 0.15) is 5.82 Å².